The van der Waals surface area contributed by atoms with Crippen LogP contribution in [0.2, 0.25) is 0 Å². The number of amides is 1. The van der Waals surface area contributed by atoms with Crippen molar-refractivity contribution in [1.29, 1.82) is 0 Å². The van der Waals surface area contributed by atoms with Crippen LogP contribution in [0.5, 0.6) is 5.75 Å². The van der Waals surface area contributed by atoms with Gasteiger partial charge in [0.15, 0.2) is 0 Å². The minimum absolute atomic E-state index is 0.201. The fourth-order valence-electron chi connectivity index (χ4n) is 2.18. The zero-order valence-electron chi connectivity index (χ0n) is 13.2. The molecule has 0 aliphatic rings. The van der Waals surface area contributed by atoms with Gasteiger partial charge in [0.1, 0.15) is 12.4 Å². The van der Waals surface area contributed by atoms with Gasteiger partial charge in [0.25, 0.3) is 0 Å². The van der Waals surface area contributed by atoms with Crippen molar-refractivity contribution in [2.75, 3.05) is 12.2 Å². The monoisotopic (exact) mass is 379 g/mol. The number of carbonyl (C=O) groups excluding carboxylic acids is 1. The standard InChI is InChI=1S/C17H18BrNO4/c1-11-4-7-16(12(2)8-11)23-10-13-9-14(18)5-6-15(13)19(21)17(20)22-3/h4-9,21H,10H2,1-3H3. The van der Waals surface area contributed by atoms with Gasteiger partial charge in [0, 0.05) is 10.0 Å². The Morgan fingerprint density at radius 2 is 1.96 bits per heavy atom. The number of halogens is 1. The van der Waals surface area contributed by atoms with Gasteiger partial charge in [-0.2, -0.15) is 5.06 Å². The predicted octanol–water partition coefficient (Wildman–Crippen LogP) is 4.61. The molecule has 5 nitrogen and oxygen atoms in total. The second-order valence-electron chi connectivity index (χ2n) is 5.11. The summed E-state index contributed by atoms with van der Waals surface area (Å²) in [5, 5.41) is 10.4. The van der Waals surface area contributed by atoms with E-state index in [9.17, 15) is 10.0 Å². The largest absolute Gasteiger partial charge is 0.489 e. The molecule has 0 unspecified atom stereocenters. The molecule has 0 saturated heterocycles. The first kappa shape index (κ1) is 17.3. The Morgan fingerprint density at radius 3 is 2.61 bits per heavy atom. The van der Waals surface area contributed by atoms with Crippen LogP contribution in [0.3, 0.4) is 0 Å². The highest BCUT2D eigenvalue weighted by Gasteiger charge is 2.18. The van der Waals surface area contributed by atoms with Gasteiger partial charge in [-0.3, -0.25) is 5.21 Å². The first-order chi connectivity index (χ1) is 10.9. The molecular weight excluding hydrogens is 362 g/mol. The van der Waals surface area contributed by atoms with Crippen LogP contribution in [0, 0.1) is 13.8 Å². The number of ether oxygens (including phenoxy) is 2. The van der Waals surface area contributed by atoms with Gasteiger partial charge < -0.3 is 9.47 Å². The summed E-state index contributed by atoms with van der Waals surface area (Å²) in [7, 11) is 1.20. The molecule has 0 saturated carbocycles. The summed E-state index contributed by atoms with van der Waals surface area (Å²) in [6.45, 7) is 4.19. The molecule has 122 valence electrons. The highest BCUT2D eigenvalue weighted by molar-refractivity contribution is 9.10. The molecule has 0 atom stereocenters. The molecule has 0 heterocycles. The van der Waals surface area contributed by atoms with Crippen molar-refractivity contribution in [3.05, 3.63) is 57.6 Å². The Kier molecular flexibility index (Phi) is 5.63. The van der Waals surface area contributed by atoms with E-state index in [1.54, 1.807) is 18.2 Å². The van der Waals surface area contributed by atoms with Gasteiger partial charge in [-0.15, -0.1) is 0 Å². The third-order valence-electron chi connectivity index (χ3n) is 3.33. The van der Waals surface area contributed by atoms with E-state index in [1.165, 1.54) is 7.11 Å². The third-order valence-corrected chi connectivity index (χ3v) is 3.82. The minimum atomic E-state index is -0.861. The molecule has 23 heavy (non-hydrogen) atoms. The van der Waals surface area contributed by atoms with Crippen LogP contribution < -0.4 is 9.80 Å². The van der Waals surface area contributed by atoms with Crippen molar-refractivity contribution in [3.8, 4) is 5.75 Å². The first-order valence-corrected chi connectivity index (χ1v) is 7.77. The third kappa shape index (κ3) is 4.24. The number of anilines is 1. The summed E-state index contributed by atoms with van der Waals surface area (Å²) in [6, 6.07) is 11.0. The van der Waals surface area contributed by atoms with Crippen LogP contribution >= 0.6 is 15.9 Å². The van der Waals surface area contributed by atoms with Crippen molar-refractivity contribution in [3.63, 3.8) is 0 Å². The molecule has 0 radical (unpaired) electrons. The fraction of sp³-hybridized carbons (Fsp3) is 0.235. The van der Waals surface area contributed by atoms with E-state index in [1.807, 2.05) is 32.0 Å². The zero-order chi connectivity index (χ0) is 17.0. The van der Waals surface area contributed by atoms with Crippen molar-refractivity contribution >= 4 is 27.7 Å². The predicted molar refractivity (Wildman–Crippen MR) is 91.1 cm³/mol. The van der Waals surface area contributed by atoms with Crippen LogP contribution in [0.4, 0.5) is 10.5 Å². The number of benzene rings is 2. The molecule has 6 heteroatoms. The SMILES string of the molecule is COC(=O)N(O)c1ccc(Br)cc1COc1ccc(C)cc1C. The lowest BCUT2D eigenvalue weighted by Gasteiger charge is -2.18. The highest BCUT2D eigenvalue weighted by Crippen LogP contribution is 2.27. The summed E-state index contributed by atoms with van der Waals surface area (Å²) >= 11 is 3.38. The highest BCUT2D eigenvalue weighted by atomic mass is 79.9. The molecule has 0 spiro atoms. The molecule has 1 amide bonds. The summed E-state index contributed by atoms with van der Waals surface area (Å²) in [4.78, 5) is 11.5. The first-order valence-electron chi connectivity index (χ1n) is 6.98. The molecule has 2 rings (SSSR count). The van der Waals surface area contributed by atoms with E-state index in [-0.39, 0.29) is 6.61 Å². The van der Waals surface area contributed by atoms with E-state index in [0.29, 0.717) is 16.3 Å². The number of aryl methyl sites for hydroxylation is 2. The average Bonchev–Trinajstić information content (AvgIpc) is 2.52. The summed E-state index contributed by atoms with van der Waals surface area (Å²) in [5.74, 6) is 0.754. The number of hydrogen-bond acceptors (Lipinski definition) is 4. The van der Waals surface area contributed by atoms with E-state index in [0.717, 1.165) is 21.3 Å². The van der Waals surface area contributed by atoms with Crippen molar-refractivity contribution in [2.24, 2.45) is 0 Å². The lowest BCUT2D eigenvalue weighted by Crippen LogP contribution is -2.27. The number of nitrogens with zero attached hydrogens (tertiary/aromatic N) is 1. The van der Waals surface area contributed by atoms with Gasteiger partial charge in [-0.05, 0) is 43.7 Å². The van der Waals surface area contributed by atoms with E-state index in [4.69, 9.17) is 4.74 Å². The maximum absolute atomic E-state index is 11.5. The molecule has 0 aliphatic heterocycles. The lowest BCUT2D eigenvalue weighted by atomic mass is 10.1. The molecule has 0 bridgehead atoms. The van der Waals surface area contributed by atoms with Crippen LogP contribution in [-0.4, -0.2) is 18.4 Å². The van der Waals surface area contributed by atoms with Gasteiger partial charge >= 0.3 is 6.09 Å². The quantitative estimate of drug-likeness (QED) is 0.622. The van der Waals surface area contributed by atoms with Crippen LogP contribution in [-0.2, 0) is 11.3 Å². The number of hydrogen-bond donors (Lipinski definition) is 1. The van der Waals surface area contributed by atoms with Gasteiger partial charge in [-0.1, -0.05) is 33.6 Å². The molecule has 2 aromatic rings. The summed E-state index contributed by atoms with van der Waals surface area (Å²) in [6.07, 6.45) is -0.861. The fourth-order valence-corrected chi connectivity index (χ4v) is 2.59. The Morgan fingerprint density at radius 1 is 1.22 bits per heavy atom. The average molecular weight is 380 g/mol. The summed E-state index contributed by atoms with van der Waals surface area (Å²) < 4.78 is 11.2. The van der Waals surface area contributed by atoms with Gasteiger partial charge in [0.05, 0.1) is 12.8 Å². The molecule has 0 aromatic heterocycles. The van der Waals surface area contributed by atoms with Crippen LogP contribution in [0.25, 0.3) is 0 Å². The molecule has 1 N–H and O–H groups in total. The van der Waals surface area contributed by atoms with Gasteiger partial charge in [-0.25, -0.2) is 4.79 Å². The number of rotatable bonds is 4. The van der Waals surface area contributed by atoms with Crippen molar-refractivity contribution < 1.29 is 19.5 Å². The summed E-state index contributed by atoms with van der Waals surface area (Å²) in [5.41, 5.74) is 3.14. The van der Waals surface area contributed by atoms with Gasteiger partial charge in [0.2, 0.25) is 0 Å². The molecule has 0 aliphatic carbocycles. The second kappa shape index (κ2) is 7.48. The topological polar surface area (TPSA) is 59.0 Å². The van der Waals surface area contributed by atoms with E-state index >= 15 is 0 Å². The minimum Gasteiger partial charge on any atom is -0.489 e. The normalized spacial score (nSPS) is 10.3. The van der Waals surface area contributed by atoms with Crippen molar-refractivity contribution in [1.82, 2.24) is 0 Å². The molecule has 0 fully saturated rings. The lowest BCUT2D eigenvalue weighted by molar-refractivity contribution is 0.140. The maximum Gasteiger partial charge on any atom is 0.438 e. The van der Waals surface area contributed by atoms with Crippen LogP contribution in [0.1, 0.15) is 16.7 Å². The second-order valence-corrected chi connectivity index (χ2v) is 6.03. The Balaban J connectivity index is 2.24. The smallest absolute Gasteiger partial charge is 0.438 e. The Hall–Kier alpha value is -2.05. The number of methoxy groups -OCH3 is 1. The number of carbonyl (C=O) groups is 1. The number of hydroxylamine groups is 1. The Labute approximate surface area is 143 Å². The van der Waals surface area contributed by atoms with E-state index < -0.39 is 6.09 Å². The Bertz CT molecular complexity index is 718. The van der Waals surface area contributed by atoms with E-state index in [2.05, 4.69) is 20.7 Å². The zero-order valence-corrected chi connectivity index (χ0v) is 14.8. The molecule has 2 aromatic carbocycles. The molecular formula is C17H18BrNO4. The van der Waals surface area contributed by atoms with Crippen LogP contribution in [0.15, 0.2) is 40.9 Å². The van der Waals surface area contributed by atoms with Crippen molar-refractivity contribution in [2.45, 2.75) is 20.5 Å². The maximum atomic E-state index is 11.5.